The molecule has 1 aliphatic heterocycles. The van der Waals surface area contributed by atoms with Crippen molar-refractivity contribution in [1.29, 1.82) is 0 Å². The fourth-order valence-corrected chi connectivity index (χ4v) is 2.94. The molecule has 0 spiro atoms. The molecule has 1 amide bonds. The van der Waals surface area contributed by atoms with E-state index in [1.54, 1.807) is 7.11 Å². The molecule has 0 saturated heterocycles. The second-order valence-corrected chi connectivity index (χ2v) is 5.29. The van der Waals surface area contributed by atoms with Crippen molar-refractivity contribution in [2.24, 2.45) is 0 Å². The van der Waals surface area contributed by atoms with Crippen LogP contribution in [0.2, 0.25) is 0 Å². The van der Waals surface area contributed by atoms with Gasteiger partial charge >= 0.3 is 0 Å². The van der Waals surface area contributed by atoms with Gasteiger partial charge in [0.25, 0.3) is 5.56 Å². The van der Waals surface area contributed by atoms with E-state index in [-0.39, 0.29) is 23.8 Å². The van der Waals surface area contributed by atoms with Crippen molar-refractivity contribution < 1.29 is 9.53 Å². The summed E-state index contributed by atoms with van der Waals surface area (Å²) in [4.78, 5) is 31.3. The van der Waals surface area contributed by atoms with Crippen LogP contribution < -0.4 is 15.6 Å². The SMILES string of the molecule is COc1cccc([C@@H]2CC(=O)Nc3c2c(=O)[nH]c2ncnn32)c1. The molecule has 2 aromatic heterocycles. The quantitative estimate of drug-likeness (QED) is 0.732. The Labute approximate surface area is 130 Å². The van der Waals surface area contributed by atoms with Gasteiger partial charge in [0.15, 0.2) is 0 Å². The monoisotopic (exact) mass is 311 g/mol. The molecule has 1 aromatic carbocycles. The largest absolute Gasteiger partial charge is 0.497 e. The van der Waals surface area contributed by atoms with Gasteiger partial charge in [-0.15, -0.1) is 0 Å². The summed E-state index contributed by atoms with van der Waals surface area (Å²) >= 11 is 0. The molecule has 116 valence electrons. The maximum atomic E-state index is 12.5. The lowest BCUT2D eigenvalue weighted by Crippen LogP contribution is -2.32. The molecule has 0 unspecified atom stereocenters. The summed E-state index contributed by atoms with van der Waals surface area (Å²) in [5.74, 6) is 0.790. The first kappa shape index (κ1) is 13.5. The van der Waals surface area contributed by atoms with Crippen LogP contribution >= 0.6 is 0 Å². The average molecular weight is 311 g/mol. The standard InChI is InChI=1S/C15H13N5O3/c1-23-9-4-2-3-8(5-9)10-6-11(21)18-13-12(10)14(22)19-15-16-7-17-20(13)15/h2-5,7,10H,6H2,1H3,(H,18,21)(H,16,17,19,22)/t10-/m0/s1. The van der Waals surface area contributed by atoms with Crippen LogP contribution in [0.4, 0.5) is 5.82 Å². The predicted octanol–water partition coefficient (Wildman–Crippen LogP) is 0.900. The number of carbonyl (C=O) groups excluding carboxylic acids is 1. The van der Waals surface area contributed by atoms with E-state index in [0.29, 0.717) is 22.9 Å². The highest BCUT2D eigenvalue weighted by atomic mass is 16.5. The third-order valence-corrected chi connectivity index (χ3v) is 3.98. The zero-order chi connectivity index (χ0) is 16.0. The highest BCUT2D eigenvalue weighted by Crippen LogP contribution is 2.35. The number of carbonyl (C=O) groups is 1. The molecule has 0 bridgehead atoms. The number of hydrogen-bond donors (Lipinski definition) is 2. The average Bonchev–Trinajstić information content (AvgIpc) is 3.02. The minimum Gasteiger partial charge on any atom is -0.497 e. The Balaban J connectivity index is 1.97. The number of hydrogen-bond acceptors (Lipinski definition) is 5. The van der Waals surface area contributed by atoms with Gasteiger partial charge in [-0.1, -0.05) is 12.1 Å². The fourth-order valence-electron chi connectivity index (χ4n) is 2.94. The molecule has 8 heteroatoms. The second kappa shape index (κ2) is 4.94. The van der Waals surface area contributed by atoms with Crippen LogP contribution in [0.1, 0.15) is 23.5 Å². The smallest absolute Gasteiger partial charge is 0.258 e. The van der Waals surface area contributed by atoms with Gasteiger partial charge in [0.05, 0.1) is 12.7 Å². The minimum atomic E-state index is -0.369. The molecule has 3 heterocycles. The van der Waals surface area contributed by atoms with Crippen LogP contribution in [0.3, 0.4) is 0 Å². The summed E-state index contributed by atoms with van der Waals surface area (Å²) in [6.45, 7) is 0. The highest BCUT2D eigenvalue weighted by molar-refractivity contribution is 5.94. The van der Waals surface area contributed by atoms with Crippen molar-refractivity contribution in [3.63, 3.8) is 0 Å². The second-order valence-electron chi connectivity index (χ2n) is 5.29. The van der Waals surface area contributed by atoms with E-state index in [4.69, 9.17) is 4.74 Å². The van der Waals surface area contributed by atoms with Gasteiger partial charge in [-0.05, 0) is 17.7 Å². The summed E-state index contributed by atoms with van der Waals surface area (Å²) in [5, 5.41) is 6.79. The Morgan fingerprint density at radius 1 is 1.35 bits per heavy atom. The van der Waals surface area contributed by atoms with Crippen LogP contribution in [-0.2, 0) is 4.79 Å². The molecular formula is C15H13N5O3. The maximum Gasteiger partial charge on any atom is 0.258 e. The van der Waals surface area contributed by atoms with E-state index in [1.165, 1.54) is 10.8 Å². The summed E-state index contributed by atoms with van der Waals surface area (Å²) < 4.78 is 6.67. The molecule has 0 fully saturated rings. The van der Waals surface area contributed by atoms with Gasteiger partial charge in [0.2, 0.25) is 11.7 Å². The van der Waals surface area contributed by atoms with Gasteiger partial charge in [-0.25, -0.2) is 0 Å². The molecule has 3 aromatic rings. The number of anilines is 1. The lowest BCUT2D eigenvalue weighted by atomic mass is 9.87. The van der Waals surface area contributed by atoms with Crippen molar-refractivity contribution >= 4 is 17.5 Å². The lowest BCUT2D eigenvalue weighted by Gasteiger charge is -2.25. The van der Waals surface area contributed by atoms with Gasteiger partial charge in [-0.2, -0.15) is 14.6 Å². The Hall–Kier alpha value is -3.16. The van der Waals surface area contributed by atoms with Crippen LogP contribution in [0.5, 0.6) is 5.75 Å². The molecular weight excluding hydrogens is 298 g/mol. The van der Waals surface area contributed by atoms with E-state index in [9.17, 15) is 9.59 Å². The molecule has 0 saturated carbocycles. The third-order valence-electron chi connectivity index (χ3n) is 3.98. The van der Waals surface area contributed by atoms with Crippen molar-refractivity contribution in [3.8, 4) is 5.75 Å². The number of nitrogens with one attached hydrogen (secondary N) is 2. The number of ether oxygens (including phenoxy) is 1. The number of benzene rings is 1. The van der Waals surface area contributed by atoms with Crippen LogP contribution in [0.25, 0.3) is 5.78 Å². The zero-order valence-electron chi connectivity index (χ0n) is 12.2. The Bertz CT molecular complexity index is 975. The maximum absolute atomic E-state index is 12.5. The third kappa shape index (κ3) is 2.07. The van der Waals surface area contributed by atoms with Crippen LogP contribution in [-0.4, -0.2) is 32.6 Å². The van der Waals surface area contributed by atoms with Gasteiger partial charge in [0.1, 0.15) is 17.9 Å². The van der Waals surface area contributed by atoms with E-state index >= 15 is 0 Å². The molecule has 0 aliphatic carbocycles. The summed E-state index contributed by atoms with van der Waals surface area (Å²) in [5.41, 5.74) is 1.02. The molecule has 2 N–H and O–H groups in total. The summed E-state index contributed by atoms with van der Waals surface area (Å²) in [6, 6.07) is 7.36. The first-order valence-corrected chi connectivity index (χ1v) is 7.07. The van der Waals surface area contributed by atoms with E-state index < -0.39 is 0 Å². The van der Waals surface area contributed by atoms with E-state index in [1.807, 2.05) is 24.3 Å². The van der Waals surface area contributed by atoms with E-state index in [2.05, 4.69) is 20.4 Å². The zero-order valence-corrected chi connectivity index (χ0v) is 12.2. The summed E-state index contributed by atoms with van der Waals surface area (Å²) in [7, 11) is 1.58. The first-order chi connectivity index (χ1) is 11.2. The summed E-state index contributed by atoms with van der Waals surface area (Å²) in [6.07, 6.45) is 1.51. The molecule has 0 radical (unpaired) electrons. The molecule has 23 heavy (non-hydrogen) atoms. The van der Waals surface area contributed by atoms with Crippen molar-refractivity contribution in [2.45, 2.75) is 12.3 Å². The Morgan fingerprint density at radius 2 is 2.22 bits per heavy atom. The number of methoxy groups -OCH3 is 1. The van der Waals surface area contributed by atoms with Crippen LogP contribution in [0, 0.1) is 0 Å². The number of nitrogens with zero attached hydrogens (tertiary/aromatic N) is 3. The van der Waals surface area contributed by atoms with Gasteiger partial charge in [-0.3, -0.25) is 14.6 Å². The van der Waals surface area contributed by atoms with E-state index in [0.717, 1.165) is 5.56 Å². The number of amides is 1. The molecule has 8 nitrogen and oxygen atoms in total. The molecule has 1 atom stereocenters. The van der Waals surface area contributed by atoms with Gasteiger partial charge in [0, 0.05) is 12.3 Å². The topological polar surface area (TPSA) is 101 Å². The Morgan fingerprint density at radius 3 is 3.04 bits per heavy atom. The van der Waals surface area contributed by atoms with Crippen LogP contribution in [0.15, 0.2) is 35.4 Å². The van der Waals surface area contributed by atoms with Crippen molar-refractivity contribution in [2.75, 3.05) is 12.4 Å². The normalized spacial score (nSPS) is 16.9. The first-order valence-electron chi connectivity index (χ1n) is 7.07. The molecule has 1 aliphatic rings. The lowest BCUT2D eigenvalue weighted by molar-refractivity contribution is -0.116. The van der Waals surface area contributed by atoms with Crippen molar-refractivity contribution in [3.05, 3.63) is 52.1 Å². The van der Waals surface area contributed by atoms with Crippen molar-refractivity contribution in [1.82, 2.24) is 19.6 Å². The minimum absolute atomic E-state index is 0.173. The predicted molar refractivity (Wildman–Crippen MR) is 81.7 cm³/mol. The number of fused-ring (bicyclic) bond motifs is 3. The number of rotatable bonds is 2. The Kier molecular flexibility index (Phi) is 2.90. The fraction of sp³-hybridized carbons (Fsp3) is 0.200. The number of H-pyrrole nitrogens is 1. The number of aromatic amines is 1. The number of aromatic nitrogens is 4. The highest BCUT2D eigenvalue weighted by Gasteiger charge is 2.32. The molecule has 4 rings (SSSR count). The van der Waals surface area contributed by atoms with Gasteiger partial charge < -0.3 is 10.1 Å².